The number of nitro benzene ring substituents is 1. The van der Waals surface area contributed by atoms with Crippen molar-refractivity contribution in [3.05, 3.63) is 63.7 Å². The molecule has 8 nitrogen and oxygen atoms in total. The van der Waals surface area contributed by atoms with Crippen LogP contribution in [0.2, 0.25) is 0 Å². The zero-order valence-electron chi connectivity index (χ0n) is 14.9. The monoisotopic (exact) mass is 370 g/mol. The molecular formula is C19H18N2O6. The molecule has 1 aliphatic rings. The van der Waals surface area contributed by atoms with Gasteiger partial charge in [0.25, 0.3) is 11.6 Å². The van der Waals surface area contributed by atoms with E-state index >= 15 is 0 Å². The molecule has 2 aromatic carbocycles. The van der Waals surface area contributed by atoms with Gasteiger partial charge in [-0.1, -0.05) is 18.2 Å². The fourth-order valence-corrected chi connectivity index (χ4v) is 3.03. The average Bonchev–Trinajstić information content (AvgIpc) is 3.10. The number of nitro groups is 1. The number of para-hydroxylation sites is 1. The number of nitrogens with zero attached hydrogens (tertiary/aromatic N) is 2. The van der Waals surface area contributed by atoms with Gasteiger partial charge >= 0.3 is 5.97 Å². The minimum atomic E-state index is -1.05. The Labute approximate surface area is 155 Å². The summed E-state index contributed by atoms with van der Waals surface area (Å²) in [4.78, 5) is 37.1. The number of carbonyl (C=O) groups is 2. The number of anilines is 1. The number of rotatable bonds is 5. The maximum atomic E-state index is 12.7. The van der Waals surface area contributed by atoms with E-state index in [9.17, 15) is 19.7 Å². The molecule has 0 fully saturated rings. The summed E-state index contributed by atoms with van der Waals surface area (Å²) in [5, 5.41) is 10.9. The Morgan fingerprint density at radius 2 is 1.96 bits per heavy atom. The Hall–Kier alpha value is -3.42. The van der Waals surface area contributed by atoms with Crippen molar-refractivity contribution in [1.29, 1.82) is 0 Å². The molecule has 1 aliphatic heterocycles. The third kappa shape index (κ3) is 3.59. The van der Waals surface area contributed by atoms with Crippen molar-refractivity contribution < 1.29 is 24.0 Å². The maximum Gasteiger partial charge on any atom is 0.342 e. The predicted molar refractivity (Wildman–Crippen MR) is 97.0 cm³/mol. The molecule has 27 heavy (non-hydrogen) atoms. The van der Waals surface area contributed by atoms with Crippen LogP contribution in [0.4, 0.5) is 11.4 Å². The summed E-state index contributed by atoms with van der Waals surface area (Å²) in [6, 6.07) is 11.2. The predicted octanol–water partition coefficient (Wildman–Crippen LogP) is 2.74. The maximum absolute atomic E-state index is 12.7. The topological polar surface area (TPSA) is 99.0 Å². The molecule has 0 saturated carbocycles. The average molecular weight is 370 g/mol. The molecule has 1 heterocycles. The first kappa shape index (κ1) is 18.4. The second-order valence-electron chi connectivity index (χ2n) is 6.06. The van der Waals surface area contributed by atoms with Gasteiger partial charge in [0, 0.05) is 24.4 Å². The highest BCUT2D eigenvalue weighted by atomic mass is 16.6. The number of methoxy groups -OCH3 is 1. The van der Waals surface area contributed by atoms with E-state index in [-0.39, 0.29) is 22.9 Å². The molecule has 0 saturated heterocycles. The van der Waals surface area contributed by atoms with Gasteiger partial charge in [-0.2, -0.15) is 0 Å². The number of esters is 1. The normalized spacial score (nSPS) is 13.6. The number of carbonyl (C=O) groups excluding carboxylic acids is 2. The SMILES string of the molecule is COc1ccc([N+](=O)[O-])cc1C(=O)O[C@@H](C)C(=O)N1CCc2ccccc21. The zero-order valence-corrected chi connectivity index (χ0v) is 14.9. The molecule has 0 N–H and O–H groups in total. The summed E-state index contributed by atoms with van der Waals surface area (Å²) >= 11 is 0. The first-order chi connectivity index (χ1) is 12.9. The summed E-state index contributed by atoms with van der Waals surface area (Å²) in [7, 11) is 1.34. The Balaban J connectivity index is 1.77. The molecule has 0 bridgehead atoms. The second-order valence-corrected chi connectivity index (χ2v) is 6.06. The van der Waals surface area contributed by atoms with E-state index in [4.69, 9.17) is 9.47 Å². The van der Waals surface area contributed by atoms with Gasteiger partial charge < -0.3 is 14.4 Å². The molecule has 2 aromatic rings. The van der Waals surface area contributed by atoms with E-state index < -0.39 is 17.0 Å². The summed E-state index contributed by atoms with van der Waals surface area (Å²) in [5.41, 5.74) is 1.49. The third-order valence-electron chi connectivity index (χ3n) is 4.40. The van der Waals surface area contributed by atoms with Gasteiger partial charge in [0.15, 0.2) is 6.10 Å². The highest BCUT2D eigenvalue weighted by Crippen LogP contribution is 2.29. The number of non-ortho nitro benzene ring substituents is 1. The molecule has 0 aliphatic carbocycles. The van der Waals surface area contributed by atoms with Gasteiger partial charge in [-0.15, -0.1) is 0 Å². The molecular weight excluding hydrogens is 352 g/mol. The lowest BCUT2D eigenvalue weighted by Crippen LogP contribution is -2.39. The molecule has 140 valence electrons. The van der Waals surface area contributed by atoms with Crippen molar-refractivity contribution in [2.24, 2.45) is 0 Å². The Morgan fingerprint density at radius 3 is 2.67 bits per heavy atom. The van der Waals surface area contributed by atoms with Crippen molar-refractivity contribution in [3.63, 3.8) is 0 Å². The van der Waals surface area contributed by atoms with Gasteiger partial charge in [-0.25, -0.2) is 4.79 Å². The lowest BCUT2D eigenvalue weighted by molar-refractivity contribution is -0.384. The quantitative estimate of drug-likeness (QED) is 0.456. The van der Waals surface area contributed by atoms with Crippen LogP contribution in [0.1, 0.15) is 22.8 Å². The van der Waals surface area contributed by atoms with E-state index in [2.05, 4.69) is 0 Å². The van der Waals surface area contributed by atoms with Crippen LogP contribution in [0.25, 0.3) is 0 Å². The Morgan fingerprint density at radius 1 is 1.22 bits per heavy atom. The molecule has 0 radical (unpaired) electrons. The number of benzene rings is 2. The van der Waals surface area contributed by atoms with Crippen LogP contribution in [0.3, 0.4) is 0 Å². The number of ether oxygens (including phenoxy) is 2. The minimum absolute atomic E-state index is 0.104. The second kappa shape index (κ2) is 7.45. The van der Waals surface area contributed by atoms with Gasteiger partial charge in [0.05, 0.1) is 12.0 Å². The van der Waals surface area contributed by atoms with Gasteiger partial charge in [-0.3, -0.25) is 14.9 Å². The molecule has 1 atom stereocenters. The van der Waals surface area contributed by atoms with E-state index in [1.165, 1.54) is 26.2 Å². The molecule has 3 rings (SSSR count). The van der Waals surface area contributed by atoms with E-state index in [1.54, 1.807) is 4.90 Å². The van der Waals surface area contributed by atoms with Crippen molar-refractivity contribution in [3.8, 4) is 5.75 Å². The third-order valence-corrected chi connectivity index (χ3v) is 4.40. The molecule has 0 unspecified atom stereocenters. The number of hydrogen-bond donors (Lipinski definition) is 0. The highest BCUT2D eigenvalue weighted by Gasteiger charge is 2.30. The number of amides is 1. The van der Waals surface area contributed by atoms with Gasteiger partial charge in [-0.05, 0) is 31.0 Å². The fourth-order valence-electron chi connectivity index (χ4n) is 3.03. The van der Waals surface area contributed by atoms with Crippen molar-refractivity contribution in [2.75, 3.05) is 18.6 Å². The highest BCUT2D eigenvalue weighted by molar-refractivity contribution is 6.01. The van der Waals surface area contributed by atoms with Crippen LogP contribution in [-0.4, -0.2) is 36.6 Å². The fraction of sp³-hybridized carbons (Fsp3) is 0.263. The Kier molecular flexibility index (Phi) is 5.07. The Bertz CT molecular complexity index is 911. The van der Waals surface area contributed by atoms with Crippen molar-refractivity contribution in [2.45, 2.75) is 19.4 Å². The van der Waals surface area contributed by atoms with Crippen LogP contribution in [0, 0.1) is 10.1 Å². The summed E-state index contributed by atoms with van der Waals surface area (Å²) < 4.78 is 10.3. The number of fused-ring (bicyclic) bond motifs is 1. The lowest BCUT2D eigenvalue weighted by atomic mass is 10.1. The lowest BCUT2D eigenvalue weighted by Gasteiger charge is -2.22. The minimum Gasteiger partial charge on any atom is -0.496 e. The summed E-state index contributed by atoms with van der Waals surface area (Å²) in [5.74, 6) is -1.07. The molecule has 1 amide bonds. The van der Waals surface area contributed by atoms with Crippen LogP contribution in [0.15, 0.2) is 42.5 Å². The van der Waals surface area contributed by atoms with E-state index in [1.807, 2.05) is 24.3 Å². The molecule has 8 heteroatoms. The van der Waals surface area contributed by atoms with Crippen molar-refractivity contribution in [1.82, 2.24) is 0 Å². The zero-order chi connectivity index (χ0) is 19.6. The van der Waals surface area contributed by atoms with Crippen LogP contribution >= 0.6 is 0 Å². The van der Waals surface area contributed by atoms with E-state index in [0.29, 0.717) is 6.54 Å². The van der Waals surface area contributed by atoms with Crippen LogP contribution < -0.4 is 9.64 Å². The number of hydrogen-bond acceptors (Lipinski definition) is 6. The van der Waals surface area contributed by atoms with Crippen molar-refractivity contribution >= 4 is 23.3 Å². The van der Waals surface area contributed by atoms with Crippen LogP contribution in [0.5, 0.6) is 5.75 Å². The molecule has 0 spiro atoms. The van der Waals surface area contributed by atoms with Gasteiger partial charge in [0.2, 0.25) is 0 Å². The summed E-state index contributed by atoms with van der Waals surface area (Å²) in [6.45, 7) is 1.99. The first-order valence-electron chi connectivity index (χ1n) is 8.35. The van der Waals surface area contributed by atoms with E-state index in [0.717, 1.165) is 23.7 Å². The standard InChI is InChI=1S/C19H18N2O6/c1-12(18(22)20-10-9-13-5-3-4-6-16(13)20)27-19(23)15-11-14(21(24)25)7-8-17(15)26-2/h3-8,11-12H,9-10H2,1-2H3/t12-/m0/s1. The largest absolute Gasteiger partial charge is 0.496 e. The molecule has 0 aromatic heterocycles. The van der Waals surface area contributed by atoms with Crippen LogP contribution in [-0.2, 0) is 16.0 Å². The van der Waals surface area contributed by atoms with Gasteiger partial charge in [0.1, 0.15) is 11.3 Å². The first-order valence-corrected chi connectivity index (χ1v) is 8.35. The summed E-state index contributed by atoms with van der Waals surface area (Å²) in [6.07, 6.45) is -0.311. The smallest absolute Gasteiger partial charge is 0.342 e.